The van der Waals surface area contributed by atoms with Gasteiger partial charge in [-0.15, -0.1) is 0 Å². The number of rotatable bonds is 6. The number of hydrogen-bond donors (Lipinski definition) is 2. The van der Waals surface area contributed by atoms with E-state index in [9.17, 15) is 4.79 Å². The number of alkyl carbamates (subject to hydrolysis) is 1. The van der Waals surface area contributed by atoms with Crippen LogP contribution in [0.5, 0.6) is 5.75 Å². The minimum Gasteiger partial charge on any atom is -0.495 e. The van der Waals surface area contributed by atoms with E-state index in [4.69, 9.17) is 9.47 Å². The molecule has 0 aliphatic heterocycles. The first-order chi connectivity index (χ1) is 10.6. The highest BCUT2D eigenvalue weighted by molar-refractivity contribution is 9.11. The Bertz CT molecular complexity index is 545. The van der Waals surface area contributed by atoms with Crippen LogP contribution in [0.3, 0.4) is 0 Å². The SMILES string of the molecule is COc1c(Br)cc(Br)cc1CNC(C)CNC(=O)OC(C)(C)C. The van der Waals surface area contributed by atoms with Crippen molar-refractivity contribution in [1.29, 1.82) is 0 Å². The smallest absolute Gasteiger partial charge is 0.407 e. The summed E-state index contributed by atoms with van der Waals surface area (Å²) in [6.07, 6.45) is -0.408. The average Bonchev–Trinajstić information content (AvgIpc) is 2.40. The van der Waals surface area contributed by atoms with Gasteiger partial charge in [0.25, 0.3) is 0 Å². The number of amides is 1. The van der Waals surface area contributed by atoms with Crippen LogP contribution in [0.4, 0.5) is 4.79 Å². The maximum atomic E-state index is 11.6. The Labute approximate surface area is 154 Å². The van der Waals surface area contributed by atoms with Crippen LogP contribution in [0, 0.1) is 0 Å². The molecule has 1 aromatic rings. The number of hydrogen-bond acceptors (Lipinski definition) is 4. The van der Waals surface area contributed by atoms with Crippen molar-refractivity contribution in [2.24, 2.45) is 0 Å². The van der Waals surface area contributed by atoms with Gasteiger partial charge in [-0.25, -0.2) is 4.79 Å². The van der Waals surface area contributed by atoms with Gasteiger partial charge in [-0.2, -0.15) is 0 Å². The molecular weight excluding hydrogens is 428 g/mol. The number of carbonyl (C=O) groups excluding carboxylic acids is 1. The molecule has 7 heteroatoms. The molecule has 1 rings (SSSR count). The highest BCUT2D eigenvalue weighted by Crippen LogP contribution is 2.32. The molecule has 0 aliphatic carbocycles. The predicted molar refractivity (Wildman–Crippen MR) is 98.9 cm³/mol. The van der Waals surface area contributed by atoms with Crippen molar-refractivity contribution in [3.63, 3.8) is 0 Å². The van der Waals surface area contributed by atoms with Gasteiger partial charge in [-0.1, -0.05) is 15.9 Å². The molecule has 0 aliphatic rings. The van der Waals surface area contributed by atoms with Gasteiger partial charge >= 0.3 is 6.09 Å². The van der Waals surface area contributed by atoms with Crippen molar-refractivity contribution in [3.05, 3.63) is 26.6 Å². The van der Waals surface area contributed by atoms with Crippen molar-refractivity contribution in [2.45, 2.75) is 45.9 Å². The largest absolute Gasteiger partial charge is 0.495 e. The van der Waals surface area contributed by atoms with E-state index >= 15 is 0 Å². The fourth-order valence-electron chi connectivity index (χ4n) is 1.88. The van der Waals surface area contributed by atoms with Gasteiger partial charge in [0.1, 0.15) is 11.4 Å². The van der Waals surface area contributed by atoms with Crippen LogP contribution < -0.4 is 15.4 Å². The summed E-state index contributed by atoms with van der Waals surface area (Å²) < 4.78 is 12.5. The molecule has 0 fully saturated rings. The van der Waals surface area contributed by atoms with Crippen molar-refractivity contribution < 1.29 is 14.3 Å². The van der Waals surface area contributed by atoms with E-state index in [-0.39, 0.29) is 6.04 Å². The summed E-state index contributed by atoms with van der Waals surface area (Å²) in [5.74, 6) is 0.799. The van der Waals surface area contributed by atoms with Gasteiger partial charge in [0.2, 0.25) is 0 Å². The molecule has 1 amide bonds. The van der Waals surface area contributed by atoms with Crippen molar-refractivity contribution in [2.75, 3.05) is 13.7 Å². The lowest BCUT2D eigenvalue weighted by molar-refractivity contribution is 0.0523. The van der Waals surface area contributed by atoms with Crippen LogP contribution in [0.15, 0.2) is 21.1 Å². The predicted octanol–water partition coefficient (Wildman–Crippen LogP) is 4.22. The third-order valence-corrected chi connectivity index (χ3v) is 3.93. The lowest BCUT2D eigenvalue weighted by atomic mass is 10.2. The quantitative estimate of drug-likeness (QED) is 0.679. The number of methoxy groups -OCH3 is 1. The molecule has 1 aromatic carbocycles. The topological polar surface area (TPSA) is 59.6 Å². The molecule has 0 radical (unpaired) electrons. The van der Waals surface area contributed by atoms with Crippen molar-refractivity contribution >= 4 is 38.0 Å². The van der Waals surface area contributed by atoms with Gasteiger partial charge in [-0.05, 0) is 55.8 Å². The Morgan fingerprint density at radius 1 is 1.30 bits per heavy atom. The number of ether oxygens (including phenoxy) is 2. The Hall–Kier alpha value is -0.790. The molecule has 23 heavy (non-hydrogen) atoms. The van der Waals surface area contributed by atoms with E-state index in [1.807, 2.05) is 39.8 Å². The van der Waals surface area contributed by atoms with Crippen LogP contribution in [0.1, 0.15) is 33.3 Å². The normalized spacial score (nSPS) is 12.7. The fourth-order valence-corrected chi connectivity index (χ4v) is 3.36. The number of nitrogens with one attached hydrogen (secondary N) is 2. The minimum atomic E-state index is -0.489. The Kier molecular flexibility index (Phi) is 7.83. The van der Waals surface area contributed by atoms with E-state index in [2.05, 4.69) is 42.5 Å². The standard InChI is InChI=1S/C16H24Br2N2O3/c1-10(8-20-15(21)23-16(2,3)4)19-9-11-6-12(17)7-13(18)14(11)22-5/h6-7,10,19H,8-9H2,1-5H3,(H,20,21). The second-order valence-corrected chi connectivity index (χ2v) is 8.01. The summed E-state index contributed by atoms with van der Waals surface area (Å²) in [5, 5.41) is 6.11. The zero-order valence-electron chi connectivity index (χ0n) is 14.1. The van der Waals surface area contributed by atoms with Gasteiger partial charge in [-0.3, -0.25) is 0 Å². The zero-order chi connectivity index (χ0) is 17.6. The zero-order valence-corrected chi connectivity index (χ0v) is 17.3. The first-order valence-corrected chi connectivity index (χ1v) is 8.93. The third-order valence-electron chi connectivity index (χ3n) is 2.88. The molecule has 130 valence electrons. The van der Waals surface area contributed by atoms with E-state index < -0.39 is 11.7 Å². The summed E-state index contributed by atoms with van der Waals surface area (Å²) >= 11 is 6.96. The Morgan fingerprint density at radius 3 is 2.52 bits per heavy atom. The maximum Gasteiger partial charge on any atom is 0.407 e. The van der Waals surface area contributed by atoms with E-state index in [1.165, 1.54) is 0 Å². The number of carbonyl (C=O) groups is 1. The fraction of sp³-hybridized carbons (Fsp3) is 0.562. The number of benzene rings is 1. The van der Waals surface area contributed by atoms with Crippen LogP contribution in [0.2, 0.25) is 0 Å². The van der Waals surface area contributed by atoms with Crippen LogP contribution >= 0.6 is 31.9 Å². The highest BCUT2D eigenvalue weighted by atomic mass is 79.9. The van der Waals surface area contributed by atoms with Crippen LogP contribution in [-0.4, -0.2) is 31.4 Å². The van der Waals surface area contributed by atoms with E-state index in [1.54, 1.807) is 7.11 Å². The molecule has 0 bridgehead atoms. The summed E-state index contributed by atoms with van der Waals surface area (Å²) in [6.45, 7) is 8.62. The molecule has 0 spiro atoms. The molecule has 1 unspecified atom stereocenters. The van der Waals surface area contributed by atoms with Gasteiger partial charge < -0.3 is 20.1 Å². The summed E-state index contributed by atoms with van der Waals surface area (Å²) in [6, 6.07) is 4.03. The van der Waals surface area contributed by atoms with Crippen LogP contribution in [0.25, 0.3) is 0 Å². The van der Waals surface area contributed by atoms with E-state index in [0.717, 1.165) is 20.3 Å². The van der Waals surface area contributed by atoms with Crippen LogP contribution in [-0.2, 0) is 11.3 Å². The average molecular weight is 452 g/mol. The molecule has 0 aromatic heterocycles. The third kappa shape index (κ3) is 7.54. The molecule has 5 nitrogen and oxygen atoms in total. The first kappa shape index (κ1) is 20.3. The van der Waals surface area contributed by atoms with Gasteiger partial charge in [0, 0.05) is 29.2 Å². The second kappa shape index (κ2) is 8.89. The lowest BCUT2D eigenvalue weighted by Gasteiger charge is -2.21. The minimum absolute atomic E-state index is 0.0879. The van der Waals surface area contributed by atoms with Crippen molar-refractivity contribution in [1.82, 2.24) is 10.6 Å². The maximum absolute atomic E-state index is 11.6. The summed E-state index contributed by atoms with van der Waals surface area (Å²) in [5.41, 5.74) is 0.536. The van der Waals surface area contributed by atoms with Gasteiger partial charge in [0.15, 0.2) is 0 Å². The molecule has 1 atom stereocenters. The summed E-state index contributed by atoms with van der Waals surface area (Å²) in [7, 11) is 1.64. The van der Waals surface area contributed by atoms with E-state index in [0.29, 0.717) is 13.1 Å². The van der Waals surface area contributed by atoms with Gasteiger partial charge in [0.05, 0.1) is 11.6 Å². The molecule has 0 heterocycles. The second-order valence-electron chi connectivity index (χ2n) is 6.24. The molecule has 2 N–H and O–H groups in total. The van der Waals surface area contributed by atoms with Crippen molar-refractivity contribution in [3.8, 4) is 5.75 Å². The lowest BCUT2D eigenvalue weighted by Crippen LogP contribution is -2.41. The first-order valence-electron chi connectivity index (χ1n) is 7.34. The Balaban J connectivity index is 2.51. The monoisotopic (exact) mass is 450 g/mol. The number of halogens is 2. The molecule has 0 saturated carbocycles. The highest BCUT2D eigenvalue weighted by Gasteiger charge is 2.16. The molecule has 0 saturated heterocycles. The Morgan fingerprint density at radius 2 is 1.96 bits per heavy atom. The molecular formula is C16H24Br2N2O3. The summed E-state index contributed by atoms with van der Waals surface area (Å²) in [4.78, 5) is 11.6.